The van der Waals surface area contributed by atoms with Crippen LogP contribution in [-0.4, -0.2) is 16.1 Å². The summed E-state index contributed by atoms with van der Waals surface area (Å²) in [5, 5.41) is 4.52. The molecule has 0 bridgehead atoms. The maximum absolute atomic E-state index is 13.0. The molecule has 30 heavy (non-hydrogen) atoms. The second-order valence-electron chi connectivity index (χ2n) is 6.41. The summed E-state index contributed by atoms with van der Waals surface area (Å²) < 4.78 is 29.3. The lowest BCUT2D eigenvalue weighted by Crippen LogP contribution is -2.08. The summed E-state index contributed by atoms with van der Waals surface area (Å²) in [5.74, 6) is -0.259. The van der Waals surface area contributed by atoms with Crippen molar-refractivity contribution in [2.75, 3.05) is 0 Å². The Morgan fingerprint density at radius 1 is 1.13 bits per heavy atom. The SMILES string of the molecule is O=C(CCc1nc(-c2ccc(F)cc2)no1)OCc1cc(=O)oc2cc(Br)ccc12. The van der Waals surface area contributed by atoms with Gasteiger partial charge in [-0.15, -0.1) is 0 Å². The van der Waals surface area contributed by atoms with Crippen molar-refractivity contribution in [2.45, 2.75) is 19.4 Å². The number of esters is 1. The van der Waals surface area contributed by atoms with E-state index in [2.05, 4.69) is 26.1 Å². The Labute approximate surface area is 177 Å². The minimum absolute atomic E-state index is 0.0238. The van der Waals surface area contributed by atoms with Crippen LogP contribution in [0.5, 0.6) is 0 Å². The Kier molecular flexibility index (Phi) is 5.71. The molecule has 0 saturated carbocycles. The molecule has 0 unspecified atom stereocenters. The topological polar surface area (TPSA) is 95.4 Å². The fourth-order valence-electron chi connectivity index (χ4n) is 2.84. The molecule has 4 aromatic rings. The number of fused-ring (bicyclic) bond motifs is 1. The summed E-state index contributed by atoms with van der Waals surface area (Å²) in [6, 6.07) is 12.2. The first-order valence-electron chi connectivity index (χ1n) is 8.94. The average Bonchev–Trinajstić information content (AvgIpc) is 3.19. The van der Waals surface area contributed by atoms with E-state index in [1.165, 1.54) is 30.3 Å². The highest BCUT2D eigenvalue weighted by Gasteiger charge is 2.13. The van der Waals surface area contributed by atoms with Crippen molar-refractivity contribution < 1.29 is 22.9 Å². The molecule has 0 aliphatic rings. The third-order valence-corrected chi connectivity index (χ3v) is 4.79. The van der Waals surface area contributed by atoms with E-state index in [1.54, 1.807) is 12.1 Å². The van der Waals surface area contributed by atoms with Gasteiger partial charge in [-0.05, 0) is 42.5 Å². The Morgan fingerprint density at radius 3 is 2.73 bits per heavy atom. The van der Waals surface area contributed by atoms with Gasteiger partial charge in [0.1, 0.15) is 18.0 Å². The van der Waals surface area contributed by atoms with E-state index in [9.17, 15) is 14.0 Å². The van der Waals surface area contributed by atoms with E-state index in [0.717, 1.165) is 4.47 Å². The van der Waals surface area contributed by atoms with Gasteiger partial charge in [-0.3, -0.25) is 4.79 Å². The standard InChI is InChI=1S/C21H14BrFN2O5/c22-14-3-6-16-13(9-20(27)29-17(16)10-14)11-28-19(26)8-7-18-24-21(25-30-18)12-1-4-15(23)5-2-12/h1-6,9-10H,7-8,11H2. The van der Waals surface area contributed by atoms with E-state index in [0.29, 0.717) is 27.9 Å². The Hall–Kier alpha value is -3.33. The lowest BCUT2D eigenvalue weighted by molar-refractivity contribution is -0.145. The summed E-state index contributed by atoms with van der Waals surface area (Å²) >= 11 is 3.32. The summed E-state index contributed by atoms with van der Waals surface area (Å²) in [6.45, 7) is -0.0623. The number of ether oxygens (including phenoxy) is 1. The molecule has 7 nitrogen and oxygen atoms in total. The Morgan fingerprint density at radius 2 is 1.93 bits per heavy atom. The van der Waals surface area contributed by atoms with E-state index in [1.807, 2.05) is 6.07 Å². The average molecular weight is 473 g/mol. The Bertz CT molecular complexity index is 1270. The molecule has 2 aromatic heterocycles. The molecule has 4 rings (SSSR count). The van der Waals surface area contributed by atoms with Crippen LogP contribution >= 0.6 is 15.9 Å². The number of aryl methyl sites for hydroxylation is 1. The van der Waals surface area contributed by atoms with Gasteiger partial charge in [0.2, 0.25) is 11.7 Å². The number of carbonyl (C=O) groups is 1. The minimum atomic E-state index is -0.522. The first-order chi connectivity index (χ1) is 14.5. The molecule has 0 aliphatic carbocycles. The quantitative estimate of drug-likeness (QED) is 0.302. The van der Waals surface area contributed by atoms with Crippen molar-refractivity contribution in [3.8, 4) is 11.4 Å². The van der Waals surface area contributed by atoms with E-state index < -0.39 is 11.6 Å². The van der Waals surface area contributed by atoms with Gasteiger partial charge in [-0.1, -0.05) is 21.1 Å². The molecular weight excluding hydrogens is 459 g/mol. The van der Waals surface area contributed by atoms with Gasteiger partial charge >= 0.3 is 11.6 Å². The third-order valence-electron chi connectivity index (χ3n) is 4.29. The van der Waals surface area contributed by atoms with Crippen LogP contribution in [0.1, 0.15) is 17.9 Å². The molecule has 0 spiro atoms. The first-order valence-corrected chi connectivity index (χ1v) is 9.74. The molecule has 0 aliphatic heterocycles. The zero-order valence-electron chi connectivity index (χ0n) is 15.4. The molecule has 0 atom stereocenters. The lowest BCUT2D eigenvalue weighted by atomic mass is 10.1. The summed E-state index contributed by atoms with van der Waals surface area (Å²) in [7, 11) is 0. The number of rotatable bonds is 6. The summed E-state index contributed by atoms with van der Waals surface area (Å²) in [5.41, 5.74) is 1.04. The van der Waals surface area contributed by atoms with Crippen molar-refractivity contribution in [3.05, 3.63) is 80.7 Å². The normalized spacial score (nSPS) is 11.0. The maximum atomic E-state index is 13.0. The zero-order chi connectivity index (χ0) is 21.1. The Balaban J connectivity index is 1.36. The van der Waals surface area contributed by atoms with Crippen molar-refractivity contribution in [3.63, 3.8) is 0 Å². The second kappa shape index (κ2) is 8.58. The first kappa shape index (κ1) is 20.0. The van der Waals surface area contributed by atoms with Gasteiger partial charge in [0.15, 0.2) is 0 Å². The van der Waals surface area contributed by atoms with Gasteiger partial charge < -0.3 is 13.7 Å². The van der Waals surface area contributed by atoms with Crippen LogP contribution in [0.25, 0.3) is 22.4 Å². The number of nitrogens with zero attached hydrogens (tertiary/aromatic N) is 2. The van der Waals surface area contributed by atoms with Crippen molar-refractivity contribution in [1.29, 1.82) is 0 Å². The molecule has 0 N–H and O–H groups in total. The molecule has 9 heteroatoms. The lowest BCUT2D eigenvalue weighted by Gasteiger charge is -2.07. The maximum Gasteiger partial charge on any atom is 0.336 e. The number of hydrogen-bond donors (Lipinski definition) is 0. The highest BCUT2D eigenvalue weighted by Crippen LogP contribution is 2.22. The number of hydrogen-bond acceptors (Lipinski definition) is 7. The third kappa shape index (κ3) is 4.62. The van der Waals surface area contributed by atoms with Gasteiger partial charge in [0, 0.05) is 33.5 Å². The van der Waals surface area contributed by atoms with Gasteiger partial charge in [0.05, 0.1) is 6.42 Å². The van der Waals surface area contributed by atoms with Crippen LogP contribution in [0.4, 0.5) is 4.39 Å². The molecule has 152 valence electrons. The van der Waals surface area contributed by atoms with Crippen LogP contribution < -0.4 is 5.63 Å². The smallest absolute Gasteiger partial charge is 0.336 e. The van der Waals surface area contributed by atoms with Crippen molar-refractivity contribution in [2.24, 2.45) is 0 Å². The van der Waals surface area contributed by atoms with E-state index in [-0.39, 0.29) is 31.2 Å². The van der Waals surface area contributed by atoms with Crippen LogP contribution in [0.15, 0.2) is 66.7 Å². The fourth-order valence-corrected chi connectivity index (χ4v) is 3.18. The fraction of sp³-hybridized carbons (Fsp3) is 0.143. The zero-order valence-corrected chi connectivity index (χ0v) is 17.0. The molecule has 0 saturated heterocycles. The molecule has 0 fully saturated rings. The van der Waals surface area contributed by atoms with Crippen LogP contribution in [0.3, 0.4) is 0 Å². The van der Waals surface area contributed by atoms with Crippen molar-refractivity contribution in [1.82, 2.24) is 10.1 Å². The van der Waals surface area contributed by atoms with Gasteiger partial charge in [-0.25, -0.2) is 9.18 Å². The highest BCUT2D eigenvalue weighted by atomic mass is 79.9. The number of carbonyl (C=O) groups excluding carboxylic acids is 1. The second-order valence-corrected chi connectivity index (χ2v) is 7.33. The van der Waals surface area contributed by atoms with Gasteiger partial charge in [0.25, 0.3) is 0 Å². The number of halogens is 2. The van der Waals surface area contributed by atoms with E-state index in [4.69, 9.17) is 13.7 Å². The molecule has 0 amide bonds. The predicted octanol–water partition coefficient (Wildman–Crippen LogP) is 4.42. The van der Waals surface area contributed by atoms with Crippen molar-refractivity contribution >= 4 is 32.9 Å². The monoisotopic (exact) mass is 472 g/mol. The molecule has 2 heterocycles. The van der Waals surface area contributed by atoms with Crippen LogP contribution in [0.2, 0.25) is 0 Å². The minimum Gasteiger partial charge on any atom is -0.461 e. The van der Waals surface area contributed by atoms with Crippen LogP contribution in [-0.2, 0) is 22.6 Å². The molecular formula is C21H14BrFN2O5. The summed E-state index contributed by atoms with van der Waals surface area (Å²) in [6.07, 6.45) is 0.216. The molecule has 0 radical (unpaired) electrons. The largest absolute Gasteiger partial charge is 0.461 e. The highest BCUT2D eigenvalue weighted by molar-refractivity contribution is 9.10. The van der Waals surface area contributed by atoms with E-state index >= 15 is 0 Å². The predicted molar refractivity (Wildman–Crippen MR) is 108 cm³/mol. The van der Waals surface area contributed by atoms with Gasteiger partial charge in [-0.2, -0.15) is 4.98 Å². The number of aromatic nitrogens is 2. The number of benzene rings is 2. The van der Waals surface area contributed by atoms with Crippen LogP contribution in [0, 0.1) is 5.82 Å². The summed E-state index contributed by atoms with van der Waals surface area (Å²) in [4.78, 5) is 28.0. The molecule has 2 aromatic carbocycles.